The zero-order valence-corrected chi connectivity index (χ0v) is 10.8. The second-order valence-corrected chi connectivity index (χ2v) is 4.76. The molecule has 0 bridgehead atoms. The van der Waals surface area contributed by atoms with Crippen molar-refractivity contribution in [3.05, 3.63) is 30.1 Å². The number of piperazine rings is 1. The second kappa shape index (κ2) is 5.46. The third-order valence-corrected chi connectivity index (χ3v) is 3.39. The molecule has 5 nitrogen and oxygen atoms in total. The summed E-state index contributed by atoms with van der Waals surface area (Å²) in [7, 11) is 0. The molecular formula is C13H20N4O. The molecule has 1 saturated heterocycles. The monoisotopic (exact) mass is 248 g/mol. The van der Waals surface area contributed by atoms with Crippen LogP contribution in [0.3, 0.4) is 0 Å². The first kappa shape index (κ1) is 13.0. The van der Waals surface area contributed by atoms with Crippen molar-refractivity contribution in [2.45, 2.75) is 32.0 Å². The van der Waals surface area contributed by atoms with Crippen molar-refractivity contribution < 1.29 is 4.79 Å². The number of rotatable bonds is 3. The molecule has 5 heteroatoms. The van der Waals surface area contributed by atoms with E-state index in [1.165, 1.54) is 0 Å². The first-order chi connectivity index (χ1) is 8.61. The summed E-state index contributed by atoms with van der Waals surface area (Å²) < 4.78 is 0. The standard InChI is InChI=1S/C13H20N4O/c1-9(14)12(11-5-3-4-6-15-11)17-8-7-16-13(18)10(17)2/h3-6,9-10,12H,7-8,14H2,1-2H3,(H,16,18). The predicted molar refractivity (Wildman–Crippen MR) is 69.8 cm³/mol. The normalized spacial score (nSPS) is 24.4. The van der Waals surface area contributed by atoms with Gasteiger partial charge in [-0.1, -0.05) is 6.07 Å². The largest absolute Gasteiger partial charge is 0.353 e. The summed E-state index contributed by atoms with van der Waals surface area (Å²) in [6.07, 6.45) is 1.76. The fourth-order valence-corrected chi connectivity index (χ4v) is 2.47. The second-order valence-electron chi connectivity index (χ2n) is 4.76. The fourth-order valence-electron chi connectivity index (χ4n) is 2.47. The van der Waals surface area contributed by atoms with Crippen LogP contribution in [0.1, 0.15) is 25.6 Å². The van der Waals surface area contributed by atoms with Crippen LogP contribution in [0.2, 0.25) is 0 Å². The van der Waals surface area contributed by atoms with Crippen molar-refractivity contribution in [2.24, 2.45) is 5.73 Å². The van der Waals surface area contributed by atoms with Crippen molar-refractivity contribution in [3.8, 4) is 0 Å². The number of aromatic nitrogens is 1. The minimum Gasteiger partial charge on any atom is -0.353 e. The van der Waals surface area contributed by atoms with Gasteiger partial charge in [0.05, 0.1) is 17.8 Å². The molecule has 0 radical (unpaired) electrons. The molecule has 0 aromatic carbocycles. The minimum atomic E-state index is -0.170. The van der Waals surface area contributed by atoms with Gasteiger partial charge in [0, 0.05) is 25.3 Å². The van der Waals surface area contributed by atoms with Crippen molar-refractivity contribution in [1.82, 2.24) is 15.2 Å². The van der Waals surface area contributed by atoms with Crippen LogP contribution in [0, 0.1) is 0 Å². The lowest BCUT2D eigenvalue weighted by molar-refractivity contribution is -0.129. The van der Waals surface area contributed by atoms with Crippen LogP contribution in [0.4, 0.5) is 0 Å². The first-order valence-corrected chi connectivity index (χ1v) is 6.31. The van der Waals surface area contributed by atoms with Crippen LogP contribution in [-0.4, -0.2) is 41.0 Å². The van der Waals surface area contributed by atoms with Crippen LogP contribution >= 0.6 is 0 Å². The van der Waals surface area contributed by atoms with Gasteiger partial charge in [0.15, 0.2) is 0 Å². The van der Waals surface area contributed by atoms with Gasteiger partial charge >= 0.3 is 0 Å². The Hall–Kier alpha value is -1.46. The average molecular weight is 248 g/mol. The Kier molecular flexibility index (Phi) is 3.93. The minimum absolute atomic E-state index is 0.0211. The number of pyridine rings is 1. The van der Waals surface area contributed by atoms with Gasteiger partial charge < -0.3 is 11.1 Å². The van der Waals surface area contributed by atoms with Crippen LogP contribution in [0.25, 0.3) is 0 Å². The van der Waals surface area contributed by atoms with Crippen molar-refractivity contribution in [3.63, 3.8) is 0 Å². The van der Waals surface area contributed by atoms with E-state index >= 15 is 0 Å². The average Bonchev–Trinajstić information content (AvgIpc) is 2.36. The molecule has 1 aromatic rings. The van der Waals surface area contributed by atoms with Crippen LogP contribution in [0.5, 0.6) is 0 Å². The van der Waals surface area contributed by atoms with Crippen LogP contribution < -0.4 is 11.1 Å². The Balaban J connectivity index is 2.28. The molecule has 1 aliphatic heterocycles. The summed E-state index contributed by atoms with van der Waals surface area (Å²) in [6.45, 7) is 5.33. The topological polar surface area (TPSA) is 71.2 Å². The van der Waals surface area contributed by atoms with Gasteiger partial charge in [-0.15, -0.1) is 0 Å². The Morgan fingerprint density at radius 2 is 2.33 bits per heavy atom. The van der Waals surface area contributed by atoms with E-state index in [0.29, 0.717) is 6.54 Å². The SMILES string of the molecule is CC(N)C(c1ccccn1)N1CCNC(=O)C1C. The van der Waals surface area contributed by atoms with E-state index in [1.54, 1.807) is 6.20 Å². The highest BCUT2D eigenvalue weighted by Gasteiger charge is 2.34. The molecule has 3 N–H and O–H groups in total. The molecule has 0 saturated carbocycles. The summed E-state index contributed by atoms with van der Waals surface area (Å²) in [6, 6.07) is 5.53. The molecule has 1 aliphatic rings. The van der Waals surface area contributed by atoms with Gasteiger partial charge in [-0.3, -0.25) is 14.7 Å². The maximum Gasteiger partial charge on any atom is 0.237 e. The lowest BCUT2D eigenvalue weighted by Gasteiger charge is -2.40. The van der Waals surface area contributed by atoms with Gasteiger partial charge in [0.25, 0.3) is 0 Å². The van der Waals surface area contributed by atoms with Gasteiger partial charge in [0.2, 0.25) is 5.91 Å². The Bertz CT molecular complexity index is 407. The number of carbonyl (C=O) groups excluding carboxylic acids is 1. The predicted octanol–water partition coefficient (Wildman–Crippen LogP) is 0.290. The maximum absolute atomic E-state index is 11.7. The maximum atomic E-state index is 11.7. The lowest BCUT2D eigenvalue weighted by atomic mass is 10.0. The highest BCUT2D eigenvalue weighted by molar-refractivity contribution is 5.82. The van der Waals surface area contributed by atoms with Crippen molar-refractivity contribution in [1.29, 1.82) is 0 Å². The molecule has 2 heterocycles. The number of hydrogen-bond acceptors (Lipinski definition) is 4. The van der Waals surface area contributed by atoms with Gasteiger partial charge in [-0.2, -0.15) is 0 Å². The molecular weight excluding hydrogens is 228 g/mol. The van der Waals surface area contributed by atoms with Crippen LogP contribution in [-0.2, 0) is 4.79 Å². The molecule has 1 aromatic heterocycles. The molecule has 3 atom stereocenters. The first-order valence-electron chi connectivity index (χ1n) is 6.31. The molecule has 0 aliphatic carbocycles. The Morgan fingerprint density at radius 1 is 1.56 bits per heavy atom. The van der Waals surface area contributed by atoms with E-state index in [4.69, 9.17) is 5.73 Å². The van der Waals surface area contributed by atoms with Gasteiger partial charge in [-0.25, -0.2) is 0 Å². The quantitative estimate of drug-likeness (QED) is 0.806. The summed E-state index contributed by atoms with van der Waals surface area (Å²) in [5.74, 6) is 0.0582. The summed E-state index contributed by atoms with van der Waals surface area (Å²) in [5, 5.41) is 2.87. The molecule has 1 fully saturated rings. The fraction of sp³-hybridized carbons (Fsp3) is 0.538. The van der Waals surface area contributed by atoms with Crippen LogP contribution in [0.15, 0.2) is 24.4 Å². The van der Waals surface area contributed by atoms with E-state index in [1.807, 2.05) is 32.0 Å². The van der Waals surface area contributed by atoms with Crippen molar-refractivity contribution in [2.75, 3.05) is 13.1 Å². The highest BCUT2D eigenvalue weighted by atomic mass is 16.2. The zero-order valence-electron chi connectivity index (χ0n) is 10.8. The number of amides is 1. The van der Waals surface area contributed by atoms with Gasteiger partial charge in [0.1, 0.15) is 0 Å². The summed E-state index contributed by atoms with van der Waals surface area (Å²) in [4.78, 5) is 18.3. The molecule has 3 unspecified atom stereocenters. The van der Waals surface area contributed by atoms with E-state index in [0.717, 1.165) is 12.2 Å². The van der Waals surface area contributed by atoms with E-state index in [-0.39, 0.29) is 24.0 Å². The number of nitrogens with one attached hydrogen (secondary N) is 1. The third-order valence-electron chi connectivity index (χ3n) is 3.39. The van der Waals surface area contributed by atoms with Crippen molar-refractivity contribution >= 4 is 5.91 Å². The van der Waals surface area contributed by atoms with E-state index in [2.05, 4.69) is 15.2 Å². The Morgan fingerprint density at radius 3 is 2.94 bits per heavy atom. The molecule has 18 heavy (non-hydrogen) atoms. The summed E-state index contributed by atoms with van der Waals surface area (Å²) in [5.41, 5.74) is 7.02. The van der Waals surface area contributed by atoms with E-state index in [9.17, 15) is 4.79 Å². The molecule has 98 valence electrons. The Labute approximate surface area is 107 Å². The van der Waals surface area contributed by atoms with Gasteiger partial charge in [-0.05, 0) is 26.0 Å². The highest BCUT2D eigenvalue weighted by Crippen LogP contribution is 2.24. The number of nitrogens with two attached hydrogens (primary N) is 1. The molecule has 2 rings (SSSR count). The summed E-state index contributed by atoms with van der Waals surface area (Å²) >= 11 is 0. The zero-order chi connectivity index (χ0) is 13.1. The third kappa shape index (κ3) is 2.52. The lowest BCUT2D eigenvalue weighted by Crippen LogP contribution is -2.57. The van der Waals surface area contributed by atoms with E-state index < -0.39 is 0 Å². The number of hydrogen-bond donors (Lipinski definition) is 2. The molecule has 1 amide bonds. The number of carbonyl (C=O) groups is 1. The molecule has 0 spiro atoms. The smallest absolute Gasteiger partial charge is 0.237 e. The number of nitrogens with zero attached hydrogens (tertiary/aromatic N) is 2.